The number of nitrogens with zero attached hydrogens (tertiary/aromatic N) is 2. The number of carbonyl (C=O) groups is 2. The Labute approximate surface area is 203 Å². The van der Waals surface area contributed by atoms with Gasteiger partial charge in [-0.1, -0.05) is 12.1 Å². The molecule has 34 heavy (non-hydrogen) atoms. The van der Waals surface area contributed by atoms with Crippen molar-refractivity contribution < 1.29 is 27.5 Å². The number of hydrogen-bond acceptors (Lipinski definition) is 7. The number of hydrogen-bond donors (Lipinski definition) is 1. The Bertz CT molecular complexity index is 1160. The van der Waals surface area contributed by atoms with Gasteiger partial charge in [0.25, 0.3) is 21.8 Å². The van der Waals surface area contributed by atoms with Crippen LogP contribution < -0.4 is 4.72 Å². The quantitative estimate of drug-likeness (QED) is 0.600. The normalized spacial score (nSPS) is 16.9. The van der Waals surface area contributed by atoms with Crippen molar-refractivity contribution in [2.45, 2.75) is 9.79 Å². The smallest absolute Gasteiger partial charge is 0.261 e. The average Bonchev–Trinajstić information content (AvgIpc) is 2.88. The van der Waals surface area contributed by atoms with Crippen molar-refractivity contribution in [1.29, 1.82) is 0 Å². The predicted octanol–water partition coefficient (Wildman–Crippen LogP) is 2.15. The Hall–Kier alpha value is -2.60. The number of thioether (sulfide) groups is 1. The Morgan fingerprint density at radius 2 is 1.41 bits per heavy atom. The van der Waals surface area contributed by atoms with Crippen LogP contribution in [0.3, 0.4) is 0 Å². The first-order valence-electron chi connectivity index (χ1n) is 10.9. The van der Waals surface area contributed by atoms with Crippen LogP contribution in [-0.4, -0.2) is 88.9 Å². The van der Waals surface area contributed by atoms with Crippen LogP contribution in [0.4, 0.5) is 5.69 Å². The molecule has 182 valence electrons. The number of rotatable bonds is 6. The van der Waals surface area contributed by atoms with Gasteiger partial charge in [0.2, 0.25) is 0 Å². The lowest BCUT2D eigenvalue weighted by Crippen LogP contribution is -2.41. The molecule has 2 saturated heterocycles. The summed E-state index contributed by atoms with van der Waals surface area (Å²) in [6, 6.07) is 11.0. The average molecular weight is 506 g/mol. The molecule has 0 radical (unpaired) electrons. The Balaban J connectivity index is 1.62. The van der Waals surface area contributed by atoms with E-state index >= 15 is 0 Å². The van der Waals surface area contributed by atoms with Gasteiger partial charge in [0.15, 0.2) is 0 Å². The number of para-hydroxylation sites is 1. The molecule has 2 aliphatic rings. The summed E-state index contributed by atoms with van der Waals surface area (Å²) in [5, 5.41) is 0. The van der Waals surface area contributed by atoms with Crippen molar-refractivity contribution in [3.8, 4) is 0 Å². The minimum atomic E-state index is -4.06. The lowest BCUT2D eigenvalue weighted by molar-refractivity contribution is 0.0300. The molecule has 0 spiro atoms. The third kappa shape index (κ3) is 5.38. The highest BCUT2D eigenvalue weighted by Gasteiger charge is 2.26. The van der Waals surface area contributed by atoms with E-state index in [4.69, 9.17) is 9.47 Å². The van der Waals surface area contributed by atoms with Crippen LogP contribution in [0.1, 0.15) is 20.7 Å². The Morgan fingerprint density at radius 3 is 2.00 bits per heavy atom. The van der Waals surface area contributed by atoms with Crippen LogP contribution in [-0.2, 0) is 19.5 Å². The van der Waals surface area contributed by atoms with Gasteiger partial charge in [-0.05, 0) is 36.6 Å². The van der Waals surface area contributed by atoms with Gasteiger partial charge in [-0.3, -0.25) is 14.3 Å². The summed E-state index contributed by atoms with van der Waals surface area (Å²) in [6.07, 6.45) is 1.84. The maximum Gasteiger partial charge on any atom is 0.261 e. The van der Waals surface area contributed by atoms with E-state index in [0.717, 1.165) is 0 Å². The summed E-state index contributed by atoms with van der Waals surface area (Å²) in [5.41, 5.74) is 0.780. The second-order valence-electron chi connectivity index (χ2n) is 7.82. The highest BCUT2D eigenvalue weighted by Crippen LogP contribution is 2.28. The van der Waals surface area contributed by atoms with Crippen molar-refractivity contribution in [3.63, 3.8) is 0 Å². The van der Waals surface area contributed by atoms with E-state index < -0.39 is 10.0 Å². The first kappa shape index (κ1) is 24.5. The zero-order chi connectivity index (χ0) is 24.1. The zero-order valence-corrected chi connectivity index (χ0v) is 20.5. The van der Waals surface area contributed by atoms with E-state index in [2.05, 4.69) is 4.72 Å². The number of morpholine rings is 2. The maximum atomic E-state index is 13.3. The van der Waals surface area contributed by atoms with Crippen LogP contribution >= 0.6 is 11.8 Å². The number of ether oxygens (including phenoxy) is 2. The van der Waals surface area contributed by atoms with E-state index in [1.54, 1.807) is 40.1 Å². The molecular formula is C23H27N3O6S2. The van der Waals surface area contributed by atoms with E-state index in [9.17, 15) is 18.0 Å². The molecule has 2 heterocycles. The standard InChI is InChI=1S/C23H27N3O6S2/c1-33-21-7-6-17(16-19(21)23(28)26-10-14-32-15-11-26)34(29,30)24-20-5-3-2-4-18(20)22(27)25-8-12-31-13-9-25/h2-7,16,24H,8-15H2,1H3. The number of carbonyl (C=O) groups excluding carboxylic acids is 2. The van der Waals surface area contributed by atoms with Crippen molar-refractivity contribution in [2.24, 2.45) is 0 Å². The van der Waals surface area contributed by atoms with Gasteiger partial charge in [-0.15, -0.1) is 11.8 Å². The molecule has 0 aromatic heterocycles. The second kappa shape index (κ2) is 10.8. The van der Waals surface area contributed by atoms with E-state index in [1.807, 2.05) is 6.26 Å². The molecular weight excluding hydrogens is 478 g/mol. The van der Waals surface area contributed by atoms with Crippen LogP contribution in [0, 0.1) is 0 Å². The fourth-order valence-electron chi connectivity index (χ4n) is 3.86. The third-order valence-corrected chi connectivity index (χ3v) is 7.87. The van der Waals surface area contributed by atoms with Gasteiger partial charge in [0.05, 0.1) is 48.1 Å². The molecule has 0 aliphatic carbocycles. The van der Waals surface area contributed by atoms with Crippen LogP contribution in [0.15, 0.2) is 52.3 Å². The van der Waals surface area contributed by atoms with Gasteiger partial charge < -0.3 is 19.3 Å². The van der Waals surface area contributed by atoms with Crippen LogP contribution in [0.25, 0.3) is 0 Å². The van der Waals surface area contributed by atoms with Crippen LogP contribution in [0.2, 0.25) is 0 Å². The van der Waals surface area contributed by atoms with E-state index in [-0.39, 0.29) is 28.0 Å². The fourth-order valence-corrected chi connectivity index (χ4v) is 5.53. The fraction of sp³-hybridized carbons (Fsp3) is 0.391. The SMILES string of the molecule is CSc1ccc(S(=O)(=O)Nc2ccccc2C(=O)N2CCOCC2)cc1C(=O)N1CCOCC1. The molecule has 9 nitrogen and oxygen atoms in total. The Kier molecular flexibility index (Phi) is 7.77. The van der Waals surface area contributed by atoms with Gasteiger partial charge in [0.1, 0.15) is 0 Å². The zero-order valence-electron chi connectivity index (χ0n) is 18.9. The summed E-state index contributed by atoms with van der Waals surface area (Å²) in [7, 11) is -4.06. The number of nitrogens with one attached hydrogen (secondary N) is 1. The van der Waals surface area contributed by atoms with Crippen molar-refractivity contribution in [2.75, 3.05) is 63.6 Å². The molecule has 2 aromatic carbocycles. The molecule has 2 amide bonds. The number of sulfonamides is 1. The maximum absolute atomic E-state index is 13.3. The lowest BCUT2D eigenvalue weighted by Gasteiger charge is -2.28. The first-order valence-corrected chi connectivity index (χ1v) is 13.7. The number of benzene rings is 2. The molecule has 2 fully saturated rings. The molecule has 0 atom stereocenters. The third-order valence-electron chi connectivity index (χ3n) is 5.71. The van der Waals surface area contributed by atoms with E-state index in [0.29, 0.717) is 63.1 Å². The highest BCUT2D eigenvalue weighted by atomic mass is 32.2. The summed E-state index contributed by atoms with van der Waals surface area (Å²) < 4.78 is 39.8. The monoisotopic (exact) mass is 505 g/mol. The largest absolute Gasteiger partial charge is 0.378 e. The van der Waals surface area contributed by atoms with Gasteiger partial charge in [0, 0.05) is 31.1 Å². The van der Waals surface area contributed by atoms with Crippen molar-refractivity contribution >= 4 is 39.3 Å². The molecule has 0 bridgehead atoms. The minimum Gasteiger partial charge on any atom is -0.378 e. The molecule has 4 rings (SSSR count). The number of amides is 2. The van der Waals surface area contributed by atoms with E-state index in [1.165, 1.54) is 23.9 Å². The second-order valence-corrected chi connectivity index (χ2v) is 10.4. The molecule has 11 heteroatoms. The van der Waals surface area contributed by atoms with Gasteiger partial charge in [-0.25, -0.2) is 8.42 Å². The Morgan fingerprint density at radius 1 is 0.853 bits per heavy atom. The highest BCUT2D eigenvalue weighted by molar-refractivity contribution is 7.98. The topological polar surface area (TPSA) is 105 Å². The summed E-state index contributed by atoms with van der Waals surface area (Å²) in [5.74, 6) is -0.491. The minimum absolute atomic E-state index is 0.0458. The van der Waals surface area contributed by atoms with Crippen molar-refractivity contribution in [3.05, 3.63) is 53.6 Å². The molecule has 2 aliphatic heterocycles. The molecule has 0 unspecified atom stereocenters. The molecule has 0 saturated carbocycles. The summed E-state index contributed by atoms with van der Waals surface area (Å²) in [4.78, 5) is 30.1. The predicted molar refractivity (Wildman–Crippen MR) is 129 cm³/mol. The number of anilines is 1. The van der Waals surface area contributed by atoms with Crippen LogP contribution in [0.5, 0.6) is 0 Å². The summed E-state index contributed by atoms with van der Waals surface area (Å²) in [6.45, 7) is 3.61. The summed E-state index contributed by atoms with van der Waals surface area (Å²) >= 11 is 1.38. The molecule has 1 N–H and O–H groups in total. The molecule has 2 aromatic rings. The van der Waals surface area contributed by atoms with Crippen molar-refractivity contribution in [1.82, 2.24) is 9.80 Å². The lowest BCUT2D eigenvalue weighted by atomic mass is 10.1. The van der Waals surface area contributed by atoms with Gasteiger partial charge in [-0.2, -0.15) is 0 Å². The van der Waals surface area contributed by atoms with Gasteiger partial charge >= 0.3 is 0 Å². The first-order chi connectivity index (χ1) is 16.4.